The van der Waals surface area contributed by atoms with Crippen molar-refractivity contribution in [2.24, 2.45) is 5.92 Å². The minimum atomic E-state index is -0.856. The van der Waals surface area contributed by atoms with Crippen LogP contribution in [-0.4, -0.2) is 42.1 Å². The first kappa shape index (κ1) is 14.7. The second kappa shape index (κ2) is 6.13. The number of ether oxygens (including phenoxy) is 1. The van der Waals surface area contributed by atoms with Crippen molar-refractivity contribution in [1.29, 1.82) is 0 Å². The van der Waals surface area contributed by atoms with Crippen molar-refractivity contribution >= 4 is 23.5 Å². The second-order valence-corrected chi connectivity index (χ2v) is 5.21. The van der Waals surface area contributed by atoms with Crippen molar-refractivity contribution in [3.05, 3.63) is 28.8 Å². The molecule has 0 bridgehead atoms. The molecule has 0 spiro atoms. The molecule has 2 rings (SSSR count). The number of methoxy groups -OCH3 is 1. The van der Waals surface area contributed by atoms with Crippen LogP contribution in [0, 0.1) is 5.92 Å². The van der Waals surface area contributed by atoms with Gasteiger partial charge in [-0.25, -0.2) is 0 Å². The largest absolute Gasteiger partial charge is 0.496 e. The molecule has 6 heteroatoms. The fourth-order valence-corrected chi connectivity index (χ4v) is 2.54. The number of carboxylic acids is 1. The summed E-state index contributed by atoms with van der Waals surface area (Å²) in [6, 6.07) is 4.80. The Balaban J connectivity index is 2.20. The summed E-state index contributed by atoms with van der Waals surface area (Å²) in [7, 11) is 1.47. The lowest BCUT2D eigenvalue weighted by Gasteiger charge is -2.31. The Labute approximate surface area is 122 Å². The van der Waals surface area contributed by atoms with Crippen molar-refractivity contribution in [2.75, 3.05) is 20.2 Å². The molecule has 1 saturated heterocycles. The van der Waals surface area contributed by atoms with E-state index in [2.05, 4.69) is 0 Å². The van der Waals surface area contributed by atoms with Gasteiger partial charge in [-0.3, -0.25) is 9.59 Å². The summed E-state index contributed by atoms with van der Waals surface area (Å²) in [5.74, 6) is -1.17. The highest BCUT2D eigenvalue weighted by molar-refractivity contribution is 6.30. The van der Waals surface area contributed by atoms with Gasteiger partial charge >= 0.3 is 5.97 Å². The van der Waals surface area contributed by atoms with Gasteiger partial charge in [-0.2, -0.15) is 0 Å². The average Bonchev–Trinajstić information content (AvgIpc) is 2.46. The maximum Gasteiger partial charge on any atom is 0.308 e. The maximum atomic E-state index is 12.5. The molecule has 0 saturated carbocycles. The monoisotopic (exact) mass is 297 g/mol. The number of carbonyl (C=O) groups is 2. The van der Waals surface area contributed by atoms with Crippen molar-refractivity contribution in [2.45, 2.75) is 12.8 Å². The number of likely N-dealkylation sites (tertiary alicyclic amines) is 1. The third kappa shape index (κ3) is 3.04. The summed E-state index contributed by atoms with van der Waals surface area (Å²) < 4.78 is 5.16. The van der Waals surface area contributed by atoms with Crippen LogP contribution in [0.1, 0.15) is 23.2 Å². The number of rotatable bonds is 3. The first-order valence-electron chi connectivity index (χ1n) is 6.38. The maximum absolute atomic E-state index is 12.5. The Kier molecular flexibility index (Phi) is 4.49. The van der Waals surface area contributed by atoms with Gasteiger partial charge in [0.1, 0.15) is 5.75 Å². The number of carbonyl (C=O) groups excluding carboxylic acids is 1. The zero-order chi connectivity index (χ0) is 14.7. The second-order valence-electron chi connectivity index (χ2n) is 4.77. The van der Waals surface area contributed by atoms with Crippen LogP contribution in [0.4, 0.5) is 0 Å². The third-order valence-corrected chi connectivity index (χ3v) is 3.69. The molecule has 20 heavy (non-hydrogen) atoms. The third-order valence-electron chi connectivity index (χ3n) is 3.45. The van der Waals surface area contributed by atoms with Crippen molar-refractivity contribution in [3.8, 4) is 5.75 Å². The standard InChI is InChI=1S/C14H16ClNO4/c1-20-12-7-10(15)4-5-11(12)13(17)16-6-2-3-9(8-16)14(18)19/h4-5,7,9H,2-3,6,8H2,1H3,(H,18,19)/t9-/m0/s1. The molecule has 0 unspecified atom stereocenters. The minimum absolute atomic E-state index is 0.218. The molecule has 1 heterocycles. The van der Waals surface area contributed by atoms with E-state index in [-0.39, 0.29) is 12.5 Å². The molecule has 0 aromatic heterocycles. The van der Waals surface area contributed by atoms with E-state index < -0.39 is 11.9 Å². The Bertz CT molecular complexity index is 532. The molecule has 1 aliphatic heterocycles. The molecular formula is C14H16ClNO4. The number of aliphatic carboxylic acids is 1. The zero-order valence-corrected chi connectivity index (χ0v) is 11.9. The lowest BCUT2D eigenvalue weighted by atomic mass is 9.97. The van der Waals surface area contributed by atoms with Crippen molar-refractivity contribution in [3.63, 3.8) is 0 Å². The predicted octanol–water partition coefficient (Wildman–Crippen LogP) is 2.29. The SMILES string of the molecule is COc1cc(Cl)ccc1C(=O)N1CCC[C@H](C(=O)O)C1. The quantitative estimate of drug-likeness (QED) is 0.929. The number of hydrogen-bond donors (Lipinski definition) is 1. The lowest BCUT2D eigenvalue weighted by Crippen LogP contribution is -2.42. The molecule has 1 atom stereocenters. The summed E-state index contributed by atoms with van der Waals surface area (Å²) >= 11 is 5.87. The molecule has 0 aliphatic carbocycles. The number of nitrogens with zero attached hydrogens (tertiary/aromatic N) is 1. The molecule has 108 valence electrons. The number of hydrogen-bond acceptors (Lipinski definition) is 3. The molecule has 1 aromatic rings. The van der Waals surface area contributed by atoms with Crippen LogP contribution in [0.2, 0.25) is 5.02 Å². The number of benzene rings is 1. The van der Waals surface area contributed by atoms with E-state index in [9.17, 15) is 9.59 Å². The van der Waals surface area contributed by atoms with Gasteiger partial charge in [-0.05, 0) is 31.0 Å². The van der Waals surface area contributed by atoms with Gasteiger partial charge in [0, 0.05) is 18.1 Å². The Morgan fingerprint density at radius 2 is 2.20 bits per heavy atom. The number of halogens is 1. The topological polar surface area (TPSA) is 66.8 Å². The van der Waals surface area contributed by atoms with Gasteiger partial charge in [-0.15, -0.1) is 0 Å². The zero-order valence-electron chi connectivity index (χ0n) is 11.1. The van der Waals surface area contributed by atoms with Gasteiger partial charge < -0.3 is 14.7 Å². The summed E-state index contributed by atoms with van der Waals surface area (Å²) in [5.41, 5.74) is 0.405. The molecule has 1 fully saturated rings. The average molecular weight is 298 g/mol. The van der Waals surface area contributed by atoms with Gasteiger partial charge in [0.05, 0.1) is 18.6 Å². The predicted molar refractivity (Wildman–Crippen MR) is 74.3 cm³/mol. The first-order valence-corrected chi connectivity index (χ1v) is 6.76. The summed E-state index contributed by atoms with van der Waals surface area (Å²) in [6.45, 7) is 0.800. The van der Waals surface area contributed by atoms with Gasteiger partial charge in [0.25, 0.3) is 5.91 Å². The van der Waals surface area contributed by atoms with Gasteiger partial charge in [0.2, 0.25) is 0 Å². The van der Waals surface area contributed by atoms with Crippen LogP contribution in [0.3, 0.4) is 0 Å². The Hall–Kier alpha value is -1.75. The van der Waals surface area contributed by atoms with Crippen LogP contribution in [0.15, 0.2) is 18.2 Å². The highest BCUT2D eigenvalue weighted by atomic mass is 35.5. The van der Waals surface area contributed by atoms with Crippen LogP contribution < -0.4 is 4.74 Å². The summed E-state index contributed by atoms with van der Waals surface area (Å²) in [6.07, 6.45) is 1.30. The highest BCUT2D eigenvalue weighted by Gasteiger charge is 2.29. The fourth-order valence-electron chi connectivity index (χ4n) is 2.38. The van der Waals surface area contributed by atoms with E-state index in [1.807, 2.05) is 0 Å². The van der Waals surface area contributed by atoms with Gasteiger partial charge in [0.15, 0.2) is 0 Å². The van der Waals surface area contributed by atoms with E-state index >= 15 is 0 Å². The molecule has 1 aliphatic rings. The van der Waals surface area contributed by atoms with E-state index in [0.717, 1.165) is 0 Å². The normalized spacial score (nSPS) is 18.7. The fraction of sp³-hybridized carbons (Fsp3) is 0.429. The lowest BCUT2D eigenvalue weighted by molar-refractivity contribution is -0.143. The summed E-state index contributed by atoms with van der Waals surface area (Å²) in [5, 5.41) is 9.55. The molecule has 1 aromatic carbocycles. The van der Waals surface area contributed by atoms with Gasteiger partial charge in [-0.1, -0.05) is 11.6 Å². The molecule has 1 amide bonds. The van der Waals surface area contributed by atoms with Crippen molar-refractivity contribution in [1.82, 2.24) is 4.90 Å². The molecule has 5 nitrogen and oxygen atoms in total. The van der Waals surface area contributed by atoms with Crippen LogP contribution >= 0.6 is 11.6 Å². The van der Waals surface area contributed by atoms with Crippen LogP contribution in [0.5, 0.6) is 5.75 Å². The number of piperidine rings is 1. The van der Waals surface area contributed by atoms with E-state index in [1.165, 1.54) is 7.11 Å². The van der Waals surface area contributed by atoms with Crippen LogP contribution in [0.25, 0.3) is 0 Å². The highest BCUT2D eigenvalue weighted by Crippen LogP contribution is 2.26. The minimum Gasteiger partial charge on any atom is -0.496 e. The first-order chi connectivity index (χ1) is 9.52. The van der Waals surface area contributed by atoms with Crippen LogP contribution in [-0.2, 0) is 4.79 Å². The number of amides is 1. The summed E-state index contributed by atoms with van der Waals surface area (Å²) in [4.78, 5) is 25.1. The molecule has 1 N–H and O–H groups in total. The van der Waals surface area contributed by atoms with E-state index in [0.29, 0.717) is 35.7 Å². The smallest absolute Gasteiger partial charge is 0.308 e. The molecular weight excluding hydrogens is 282 g/mol. The van der Waals surface area contributed by atoms with Crippen molar-refractivity contribution < 1.29 is 19.4 Å². The molecule has 0 radical (unpaired) electrons. The number of carboxylic acid groups (broad SMARTS) is 1. The van der Waals surface area contributed by atoms with E-state index in [4.69, 9.17) is 21.4 Å². The Morgan fingerprint density at radius 3 is 2.85 bits per heavy atom. The van der Waals surface area contributed by atoms with E-state index in [1.54, 1.807) is 23.1 Å². The Morgan fingerprint density at radius 1 is 1.45 bits per heavy atom.